The average Bonchev–Trinajstić information content (AvgIpc) is 3.00. The summed E-state index contributed by atoms with van der Waals surface area (Å²) in [6.45, 7) is 7.10. The number of nitrogens with zero attached hydrogens (tertiary/aromatic N) is 2. The van der Waals surface area contributed by atoms with Gasteiger partial charge in [0.15, 0.2) is 0 Å². The van der Waals surface area contributed by atoms with Crippen LogP contribution in [0, 0.1) is 23.7 Å². The van der Waals surface area contributed by atoms with E-state index in [0.717, 1.165) is 70.0 Å². The molecule has 0 bridgehead atoms. The number of piperidine rings is 1. The Morgan fingerprint density at radius 3 is 2.19 bits per heavy atom. The molecule has 0 aromatic heterocycles. The molecule has 2 aliphatic carbocycles. The molecular formula is C25H45N3O3. The zero-order valence-electron chi connectivity index (χ0n) is 19.8. The third-order valence-electron chi connectivity index (χ3n) is 9.37. The lowest BCUT2D eigenvalue weighted by molar-refractivity contribution is -0.139. The molecule has 4 aliphatic rings. The van der Waals surface area contributed by atoms with Gasteiger partial charge in [-0.3, -0.25) is 9.69 Å². The zero-order chi connectivity index (χ0) is 22.2. The lowest BCUT2D eigenvalue weighted by Crippen LogP contribution is -2.48. The highest BCUT2D eigenvalue weighted by molar-refractivity contribution is 5.79. The molecule has 6 heteroatoms. The first-order chi connectivity index (χ1) is 14.7. The molecule has 2 saturated carbocycles. The Hall–Kier alpha value is -0.690. The first-order valence-corrected chi connectivity index (χ1v) is 12.9. The number of carbonyl (C=O) groups excluding carboxylic acids is 1. The Kier molecular flexibility index (Phi) is 7.03. The molecule has 0 aromatic rings. The van der Waals surface area contributed by atoms with Crippen molar-refractivity contribution >= 4 is 5.91 Å². The maximum atomic E-state index is 13.3. The van der Waals surface area contributed by atoms with Gasteiger partial charge in [-0.1, -0.05) is 19.3 Å². The largest absolute Gasteiger partial charge is 0.386 e. The van der Waals surface area contributed by atoms with Gasteiger partial charge in [0, 0.05) is 38.1 Å². The molecule has 4 N–H and O–H groups in total. The Morgan fingerprint density at radius 1 is 0.903 bits per heavy atom. The molecule has 6 unspecified atom stereocenters. The lowest BCUT2D eigenvalue weighted by Gasteiger charge is -2.41. The molecule has 2 aliphatic heterocycles. The molecule has 6 atom stereocenters. The number of nitrogens with two attached hydrogens (primary N) is 1. The molecule has 0 spiro atoms. The van der Waals surface area contributed by atoms with Crippen molar-refractivity contribution in [3.63, 3.8) is 0 Å². The summed E-state index contributed by atoms with van der Waals surface area (Å²) in [5.41, 5.74) is 3.76. The Balaban J connectivity index is 1.28. The second-order valence-corrected chi connectivity index (χ2v) is 11.7. The first-order valence-electron chi connectivity index (χ1n) is 12.9. The highest BCUT2D eigenvalue weighted by Crippen LogP contribution is 2.40. The van der Waals surface area contributed by atoms with Crippen LogP contribution in [0.4, 0.5) is 0 Å². The average molecular weight is 436 g/mol. The molecule has 4 fully saturated rings. The molecule has 0 radical (unpaired) electrons. The second kappa shape index (κ2) is 9.28. The summed E-state index contributed by atoms with van der Waals surface area (Å²) < 4.78 is 0. The predicted octanol–water partition coefficient (Wildman–Crippen LogP) is 2.37. The Morgan fingerprint density at radius 2 is 1.55 bits per heavy atom. The van der Waals surface area contributed by atoms with Crippen molar-refractivity contribution in [3.05, 3.63) is 0 Å². The van der Waals surface area contributed by atoms with Crippen LogP contribution in [-0.2, 0) is 4.79 Å². The maximum absolute atomic E-state index is 13.3. The molecule has 0 aromatic carbocycles. The fourth-order valence-electron chi connectivity index (χ4n) is 6.99. The van der Waals surface area contributed by atoms with Gasteiger partial charge in [0.2, 0.25) is 5.91 Å². The number of carbonyl (C=O) groups is 1. The van der Waals surface area contributed by atoms with Gasteiger partial charge >= 0.3 is 0 Å². The van der Waals surface area contributed by atoms with Crippen LogP contribution < -0.4 is 5.73 Å². The van der Waals surface area contributed by atoms with Crippen LogP contribution in [0.15, 0.2) is 0 Å². The van der Waals surface area contributed by atoms with Gasteiger partial charge < -0.3 is 20.8 Å². The van der Waals surface area contributed by atoms with Crippen LogP contribution in [0.5, 0.6) is 0 Å². The Bertz CT molecular complexity index is 614. The van der Waals surface area contributed by atoms with Crippen molar-refractivity contribution in [3.8, 4) is 0 Å². The minimum absolute atomic E-state index is 0.0992. The summed E-state index contributed by atoms with van der Waals surface area (Å²) in [6.07, 6.45) is 11.5. The third-order valence-corrected chi connectivity index (χ3v) is 9.37. The number of likely N-dealkylation sites (tertiary alicyclic amines) is 2. The minimum atomic E-state index is -1.09. The summed E-state index contributed by atoms with van der Waals surface area (Å²) in [6, 6.07) is 0.288. The van der Waals surface area contributed by atoms with Crippen molar-refractivity contribution in [1.82, 2.24) is 9.80 Å². The summed E-state index contributed by atoms with van der Waals surface area (Å²) >= 11 is 0. The van der Waals surface area contributed by atoms with Crippen molar-refractivity contribution in [2.45, 2.75) is 95.3 Å². The number of hydrogen-bond acceptors (Lipinski definition) is 5. The van der Waals surface area contributed by atoms with E-state index in [4.69, 9.17) is 5.73 Å². The number of β-amino-alcohol motifs (C(OH)–C–C–N with tert-alkyl or cyclic N) is 2. The molecule has 1 amide bonds. The van der Waals surface area contributed by atoms with Crippen LogP contribution >= 0.6 is 0 Å². The lowest BCUT2D eigenvalue weighted by atomic mass is 9.72. The van der Waals surface area contributed by atoms with E-state index in [9.17, 15) is 15.0 Å². The van der Waals surface area contributed by atoms with Crippen LogP contribution in [0.3, 0.4) is 0 Å². The van der Waals surface area contributed by atoms with Crippen LogP contribution in [0.25, 0.3) is 0 Å². The number of rotatable bonds is 4. The molecule has 2 heterocycles. The third kappa shape index (κ3) is 4.97. The highest BCUT2D eigenvalue weighted by atomic mass is 16.4. The maximum Gasteiger partial charge on any atom is 0.225 e. The van der Waals surface area contributed by atoms with Crippen LogP contribution in [-0.4, -0.2) is 75.9 Å². The van der Waals surface area contributed by atoms with Crippen LogP contribution in [0.2, 0.25) is 0 Å². The van der Waals surface area contributed by atoms with Crippen LogP contribution in [0.1, 0.15) is 78.1 Å². The molecule has 2 saturated heterocycles. The van der Waals surface area contributed by atoms with Gasteiger partial charge in [-0.25, -0.2) is 0 Å². The summed E-state index contributed by atoms with van der Waals surface area (Å²) in [7, 11) is 0. The number of aliphatic hydroxyl groups is 2. The molecule has 4 rings (SSSR count). The first kappa shape index (κ1) is 23.5. The summed E-state index contributed by atoms with van der Waals surface area (Å²) in [5, 5.41) is 21.2. The van der Waals surface area contributed by atoms with Gasteiger partial charge in [0.1, 0.15) is 11.2 Å². The van der Waals surface area contributed by atoms with Gasteiger partial charge in [-0.15, -0.1) is 0 Å². The molecule has 31 heavy (non-hydrogen) atoms. The highest BCUT2D eigenvalue weighted by Gasteiger charge is 2.52. The van der Waals surface area contributed by atoms with E-state index in [1.807, 2.05) is 0 Å². The summed E-state index contributed by atoms with van der Waals surface area (Å²) in [5.74, 6) is 2.75. The smallest absolute Gasteiger partial charge is 0.225 e. The predicted molar refractivity (Wildman–Crippen MR) is 122 cm³/mol. The van der Waals surface area contributed by atoms with Crippen molar-refractivity contribution in [2.75, 3.05) is 32.7 Å². The van der Waals surface area contributed by atoms with Gasteiger partial charge in [-0.05, 0) is 83.1 Å². The quantitative estimate of drug-likeness (QED) is 0.631. The monoisotopic (exact) mass is 435 g/mol. The second-order valence-electron chi connectivity index (χ2n) is 11.7. The summed E-state index contributed by atoms with van der Waals surface area (Å²) in [4.78, 5) is 17.7. The van der Waals surface area contributed by atoms with E-state index in [1.165, 1.54) is 25.7 Å². The molecule has 6 nitrogen and oxygen atoms in total. The fraction of sp³-hybridized carbons (Fsp3) is 0.960. The van der Waals surface area contributed by atoms with Crippen molar-refractivity contribution in [1.29, 1.82) is 0 Å². The van der Waals surface area contributed by atoms with Crippen molar-refractivity contribution in [2.24, 2.45) is 29.4 Å². The van der Waals surface area contributed by atoms with E-state index in [2.05, 4.69) is 9.80 Å². The normalized spacial score (nSPS) is 43.3. The number of hydrogen-bond donors (Lipinski definition) is 3. The zero-order valence-corrected chi connectivity index (χ0v) is 19.8. The van der Waals surface area contributed by atoms with Gasteiger partial charge in [0.25, 0.3) is 0 Å². The topological polar surface area (TPSA) is 90.0 Å². The van der Waals surface area contributed by atoms with E-state index in [0.29, 0.717) is 24.9 Å². The van der Waals surface area contributed by atoms with E-state index in [1.54, 1.807) is 13.8 Å². The fourth-order valence-corrected chi connectivity index (χ4v) is 6.99. The molecule has 178 valence electrons. The minimum Gasteiger partial charge on any atom is -0.386 e. The van der Waals surface area contributed by atoms with Gasteiger partial charge in [0.05, 0.1) is 0 Å². The standard InChI is InChI=1S/C25H45N3O3/c1-24(30)16-28(17-25(24,2)31)22-8-4-7-21(14-22)23(29)27-11-9-19(10-12-27)20-6-3-5-18(13-20)15-26/h18-22,30-31H,3-17,26H2,1-2H3. The number of amides is 1. The van der Waals surface area contributed by atoms with Gasteiger partial charge in [-0.2, -0.15) is 0 Å². The Labute approximate surface area is 188 Å². The SMILES string of the molecule is CC1(O)CN(C2CCCC(C(=O)N3CCC(C4CCCC(CN)C4)CC3)C2)CC1(C)O. The van der Waals surface area contributed by atoms with E-state index < -0.39 is 11.2 Å². The van der Waals surface area contributed by atoms with E-state index in [-0.39, 0.29) is 12.0 Å². The van der Waals surface area contributed by atoms with Crippen molar-refractivity contribution < 1.29 is 15.0 Å². The van der Waals surface area contributed by atoms with E-state index >= 15 is 0 Å². The molecular weight excluding hydrogens is 390 g/mol.